The smallest absolute Gasteiger partial charge is 0.252 e. The van der Waals surface area contributed by atoms with Gasteiger partial charge in [-0.25, -0.2) is 0 Å². The molecule has 0 aliphatic carbocycles. The molecule has 3 aromatic rings. The SMILES string of the molecule is NC(=O)C1=CNC(Nc2ccc(N3CCC(CCOCc4ccccc4)CC3)cc2)C=C1NCc1ccccc1. The van der Waals surface area contributed by atoms with Crippen LogP contribution in [0.1, 0.15) is 30.4 Å². The van der Waals surface area contributed by atoms with Gasteiger partial charge in [-0.05, 0) is 66.6 Å². The van der Waals surface area contributed by atoms with Crippen molar-refractivity contribution >= 4 is 17.3 Å². The van der Waals surface area contributed by atoms with Crippen molar-refractivity contribution in [1.82, 2.24) is 10.6 Å². The molecule has 208 valence electrons. The van der Waals surface area contributed by atoms with Crippen LogP contribution >= 0.6 is 0 Å². The normalized spacial score (nSPS) is 17.4. The van der Waals surface area contributed by atoms with Gasteiger partial charge in [-0.15, -0.1) is 0 Å². The minimum absolute atomic E-state index is 0.174. The molecule has 0 radical (unpaired) electrons. The molecule has 1 fully saturated rings. The summed E-state index contributed by atoms with van der Waals surface area (Å²) in [6, 6.07) is 29.0. The van der Waals surface area contributed by atoms with Crippen LogP contribution in [-0.4, -0.2) is 31.8 Å². The number of amides is 1. The number of anilines is 2. The van der Waals surface area contributed by atoms with Crippen molar-refractivity contribution in [2.24, 2.45) is 11.7 Å². The second kappa shape index (κ2) is 13.7. The van der Waals surface area contributed by atoms with Gasteiger partial charge in [0.05, 0.1) is 12.2 Å². The minimum atomic E-state index is -0.467. The Morgan fingerprint density at radius 2 is 1.60 bits per heavy atom. The summed E-state index contributed by atoms with van der Waals surface area (Å²) in [5.74, 6) is 0.255. The van der Waals surface area contributed by atoms with Crippen LogP contribution in [0.4, 0.5) is 11.4 Å². The van der Waals surface area contributed by atoms with E-state index in [4.69, 9.17) is 10.5 Å². The molecule has 2 aliphatic rings. The van der Waals surface area contributed by atoms with Crippen LogP contribution in [0.3, 0.4) is 0 Å². The molecular weight excluding hydrogens is 498 g/mol. The highest BCUT2D eigenvalue weighted by Gasteiger charge is 2.21. The summed E-state index contributed by atoms with van der Waals surface area (Å²) in [5, 5.41) is 10.1. The Bertz CT molecular complexity index is 1280. The molecular formula is C33H39N5O2. The second-order valence-corrected chi connectivity index (χ2v) is 10.4. The fraction of sp³-hybridized carbons (Fsp3) is 0.303. The van der Waals surface area contributed by atoms with Crippen LogP contribution < -0.4 is 26.6 Å². The Kier molecular flexibility index (Phi) is 9.37. The largest absolute Gasteiger partial charge is 0.380 e. The number of hydrogen-bond donors (Lipinski definition) is 4. The van der Waals surface area contributed by atoms with Gasteiger partial charge < -0.3 is 31.3 Å². The third kappa shape index (κ3) is 7.67. The number of rotatable bonds is 12. The molecule has 2 aliphatic heterocycles. The average molecular weight is 538 g/mol. The number of carbonyl (C=O) groups is 1. The van der Waals surface area contributed by atoms with Crippen LogP contribution in [0.5, 0.6) is 0 Å². The van der Waals surface area contributed by atoms with Crippen molar-refractivity contribution < 1.29 is 9.53 Å². The molecule has 1 amide bonds. The first kappa shape index (κ1) is 27.3. The second-order valence-electron chi connectivity index (χ2n) is 10.4. The number of benzene rings is 3. The lowest BCUT2D eigenvalue weighted by Crippen LogP contribution is -2.38. The predicted octanol–water partition coefficient (Wildman–Crippen LogP) is 4.89. The molecule has 1 atom stereocenters. The van der Waals surface area contributed by atoms with Gasteiger partial charge >= 0.3 is 0 Å². The van der Waals surface area contributed by atoms with E-state index >= 15 is 0 Å². The van der Waals surface area contributed by atoms with E-state index in [2.05, 4.69) is 69.4 Å². The molecule has 5 N–H and O–H groups in total. The van der Waals surface area contributed by atoms with Gasteiger partial charge in [0.15, 0.2) is 0 Å². The highest BCUT2D eigenvalue weighted by molar-refractivity contribution is 5.96. The molecule has 5 rings (SSSR count). The molecule has 1 saturated heterocycles. The van der Waals surface area contributed by atoms with E-state index in [0.717, 1.165) is 49.0 Å². The van der Waals surface area contributed by atoms with E-state index in [-0.39, 0.29) is 6.17 Å². The maximum atomic E-state index is 12.0. The third-order valence-corrected chi connectivity index (χ3v) is 7.57. The number of ether oxygens (including phenoxy) is 1. The van der Waals surface area contributed by atoms with Gasteiger partial charge in [0.1, 0.15) is 6.17 Å². The standard InChI is InChI=1S/C33H39N5O2/c34-33(39)30-23-36-32(21-31(30)35-22-26-7-3-1-4-8-26)37-28-11-13-29(14-12-28)38-18-15-25(16-19-38)17-20-40-24-27-9-5-2-6-10-27/h1-14,21,23,25,32,35-37H,15-20,22,24H2,(H2,34,39). The Labute approximate surface area is 237 Å². The Balaban J connectivity index is 1.08. The molecule has 7 heteroatoms. The molecule has 0 saturated carbocycles. The van der Waals surface area contributed by atoms with Crippen molar-refractivity contribution in [3.05, 3.63) is 120 Å². The van der Waals surface area contributed by atoms with Gasteiger partial charge in [0.25, 0.3) is 5.91 Å². The van der Waals surface area contributed by atoms with Crippen molar-refractivity contribution in [3.63, 3.8) is 0 Å². The summed E-state index contributed by atoms with van der Waals surface area (Å²) in [4.78, 5) is 14.4. The number of hydrogen-bond acceptors (Lipinski definition) is 6. The fourth-order valence-corrected chi connectivity index (χ4v) is 5.23. The summed E-state index contributed by atoms with van der Waals surface area (Å²) < 4.78 is 5.91. The van der Waals surface area contributed by atoms with E-state index < -0.39 is 5.91 Å². The Morgan fingerprint density at radius 1 is 0.925 bits per heavy atom. The Morgan fingerprint density at radius 3 is 2.27 bits per heavy atom. The van der Waals surface area contributed by atoms with Crippen LogP contribution in [0.2, 0.25) is 0 Å². The maximum Gasteiger partial charge on any atom is 0.252 e. The maximum absolute atomic E-state index is 12.0. The lowest BCUT2D eigenvalue weighted by Gasteiger charge is -2.34. The molecule has 0 aromatic heterocycles. The quantitative estimate of drug-likeness (QED) is 0.246. The number of piperidine rings is 1. The van der Waals surface area contributed by atoms with E-state index in [1.165, 1.54) is 24.1 Å². The van der Waals surface area contributed by atoms with Gasteiger partial charge in [0, 0.05) is 49.5 Å². The van der Waals surface area contributed by atoms with Crippen LogP contribution in [0, 0.1) is 5.92 Å². The van der Waals surface area contributed by atoms with Crippen molar-refractivity contribution in [1.29, 1.82) is 0 Å². The summed E-state index contributed by atoms with van der Waals surface area (Å²) in [7, 11) is 0. The number of nitrogens with two attached hydrogens (primary N) is 1. The minimum Gasteiger partial charge on any atom is -0.380 e. The highest BCUT2D eigenvalue weighted by Crippen LogP contribution is 2.27. The summed E-state index contributed by atoms with van der Waals surface area (Å²) in [6.45, 7) is 4.26. The van der Waals surface area contributed by atoms with E-state index in [9.17, 15) is 4.79 Å². The molecule has 1 unspecified atom stereocenters. The van der Waals surface area contributed by atoms with Crippen LogP contribution in [0.25, 0.3) is 0 Å². The van der Waals surface area contributed by atoms with Crippen molar-refractivity contribution in [2.75, 3.05) is 29.9 Å². The van der Waals surface area contributed by atoms with Gasteiger partial charge in [0.2, 0.25) is 0 Å². The topological polar surface area (TPSA) is 91.7 Å². The molecule has 7 nitrogen and oxygen atoms in total. The first-order valence-electron chi connectivity index (χ1n) is 14.1. The molecule has 0 spiro atoms. The monoisotopic (exact) mass is 537 g/mol. The van der Waals surface area contributed by atoms with Gasteiger partial charge in [-0.2, -0.15) is 0 Å². The third-order valence-electron chi connectivity index (χ3n) is 7.57. The number of dihydropyridines is 1. The number of primary amides is 1. The van der Waals surface area contributed by atoms with Gasteiger partial charge in [-0.3, -0.25) is 4.79 Å². The van der Waals surface area contributed by atoms with Crippen molar-refractivity contribution in [2.45, 2.75) is 38.6 Å². The Hall–Kier alpha value is -4.23. The first-order chi connectivity index (χ1) is 19.6. The lowest BCUT2D eigenvalue weighted by atomic mass is 9.93. The summed E-state index contributed by atoms with van der Waals surface area (Å²) in [5.41, 5.74) is 11.4. The number of nitrogens with zero attached hydrogens (tertiary/aromatic N) is 1. The zero-order chi connectivity index (χ0) is 27.6. The molecule has 40 heavy (non-hydrogen) atoms. The average Bonchev–Trinajstić information content (AvgIpc) is 3.00. The zero-order valence-corrected chi connectivity index (χ0v) is 22.9. The van der Waals surface area contributed by atoms with E-state index in [1.807, 2.05) is 42.5 Å². The number of carbonyl (C=O) groups excluding carboxylic acids is 1. The highest BCUT2D eigenvalue weighted by atomic mass is 16.5. The zero-order valence-electron chi connectivity index (χ0n) is 22.9. The van der Waals surface area contributed by atoms with Crippen molar-refractivity contribution in [3.8, 4) is 0 Å². The lowest BCUT2D eigenvalue weighted by molar-refractivity contribution is -0.114. The van der Waals surface area contributed by atoms with E-state index in [1.54, 1.807) is 6.20 Å². The molecule has 2 heterocycles. The summed E-state index contributed by atoms with van der Waals surface area (Å²) >= 11 is 0. The van der Waals surface area contributed by atoms with E-state index in [0.29, 0.717) is 18.7 Å². The molecule has 3 aromatic carbocycles. The van der Waals surface area contributed by atoms with Gasteiger partial charge in [-0.1, -0.05) is 60.7 Å². The number of nitrogens with one attached hydrogen (secondary N) is 3. The van der Waals surface area contributed by atoms with Crippen LogP contribution in [-0.2, 0) is 22.7 Å². The predicted molar refractivity (Wildman–Crippen MR) is 161 cm³/mol. The van der Waals surface area contributed by atoms with Crippen LogP contribution in [0.15, 0.2) is 108 Å². The summed E-state index contributed by atoms with van der Waals surface area (Å²) in [6.07, 6.45) is 6.98. The molecule has 0 bridgehead atoms. The fourth-order valence-electron chi connectivity index (χ4n) is 5.23. The first-order valence-corrected chi connectivity index (χ1v) is 14.1.